The van der Waals surface area contributed by atoms with Crippen LogP contribution in [0.4, 0.5) is 5.82 Å². The van der Waals surface area contributed by atoms with Gasteiger partial charge in [-0.25, -0.2) is 9.97 Å². The summed E-state index contributed by atoms with van der Waals surface area (Å²) in [5.74, 6) is 2.34. The summed E-state index contributed by atoms with van der Waals surface area (Å²) >= 11 is 12.4. The van der Waals surface area contributed by atoms with Gasteiger partial charge in [0.2, 0.25) is 0 Å². The first-order valence-corrected chi connectivity index (χ1v) is 12.4. The topological polar surface area (TPSA) is 67.8 Å². The molecular formula is C26H26Cl2N4O3. The number of hydrogen-bond donors (Lipinski definition) is 0. The SMILES string of the molecule is COc1cccc(Cc2nc3c(c(N4CCOCC4)n2)CN(C(=O)c2ccc(Cl)cc2Cl)CC3)c1. The normalized spacial score (nSPS) is 15.6. The number of anilines is 1. The molecule has 3 aromatic rings. The molecular weight excluding hydrogens is 487 g/mol. The molecule has 35 heavy (non-hydrogen) atoms. The van der Waals surface area contributed by atoms with Crippen molar-refractivity contribution in [2.45, 2.75) is 19.4 Å². The highest BCUT2D eigenvalue weighted by atomic mass is 35.5. The molecule has 9 heteroatoms. The fourth-order valence-corrected chi connectivity index (χ4v) is 5.02. The van der Waals surface area contributed by atoms with Gasteiger partial charge in [0.05, 0.1) is 43.1 Å². The van der Waals surface area contributed by atoms with E-state index in [2.05, 4.69) is 11.0 Å². The van der Waals surface area contributed by atoms with Gasteiger partial charge in [0.25, 0.3) is 5.91 Å². The van der Waals surface area contributed by atoms with Crippen LogP contribution >= 0.6 is 23.2 Å². The summed E-state index contributed by atoms with van der Waals surface area (Å²) in [5, 5.41) is 0.855. The molecule has 0 bridgehead atoms. The van der Waals surface area contributed by atoms with Gasteiger partial charge in [-0.15, -0.1) is 0 Å². The largest absolute Gasteiger partial charge is 0.497 e. The Kier molecular flexibility index (Phi) is 7.09. The van der Waals surface area contributed by atoms with Crippen LogP contribution in [0.2, 0.25) is 10.0 Å². The molecule has 5 rings (SSSR count). The van der Waals surface area contributed by atoms with Gasteiger partial charge in [-0.3, -0.25) is 4.79 Å². The number of rotatable bonds is 5. The monoisotopic (exact) mass is 512 g/mol. The van der Waals surface area contributed by atoms with Crippen molar-refractivity contribution in [3.05, 3.63) is 80.7 Å². The number of methoxy groups -OCH3 is 1. The summed E-state index contributed by atoms with van der Waals surface area (Å²) < 4.78 is 10.9. The maximum Gasteiger partial charge on any atom is 0.255 e. The number of carbonyl (C=O) groups excluding carboxylic acids is 1. The van der Waals surface area contributed by atoms with Crippen molar-refractivity contribution in [3.8, 4) is 5.75 Å². The summed E-state index contributed by atoms with van der Waals surface area (Å²) in [6, 6.07) is 12.9. The summed E-state index contributed by atoms with van der Waals surface area (Å²) in [6.07, 6.45) is 1.25. The number of hydrogen-bond acceptors (Lipinski definition) is 6. The minimum absolute atomic E-state index is 0.120. The number of morpholine rings is 1. The number of fused-ring (bicyclic) bond motifs is 1. The van der Waals surface area contributed by atoms with Crippen LogP contribution in [0.3, 0.4) is 0 Å². The molecule has 1 amide bonds. The van der Waals surface area contributed by atoms with Gasteiger partial charge in [0.1, 0.15) is 17.4 Å². The van der Waals surface area contributed by atoms with E-state index in [0.29, 0.717) is 54.8 Å². The molecule has 0 spiro atoms. The van der Waals surface area contributed by atoms with E-state index in [1.54, 1.807) is 25.3 Å². The Bertz CT molecular complexity index is 1250. The van der Waals surface area contributed by atoms with Crippen molar-refractivity contribution in [1.82, 2.24) is 14.9 Å². The van der Waals surface area contributed by atoms with Crippen molar-refractivity contribution < 1.29 is 14.3 Å². The molecule has 2 aliphatic heterocycles. The van der Waals surface area contributed by atoms with E-state index in [1.807, 2.05) is 23.1 Å². The van der Waals surface area contributed by atoms with E-state index >= 15 is 0 Å². The smallest absolute Gasteiger partial charge is 0.255 e. The number of carbonyl (C=O) groups is 1. The van der Waals surface area contributed by atoms with E-state index in [9.17, 15) is 4.79 Å². The molecule has 2 aromatic carbocycles. The van der Waals surface area contributed by atoms with Crippen LogP contribution in [0.1, 0.15) is 33.0 Å². The van der Waals surface area contributed by atoms with Crippen LogP contribution in [-0.2, 0) is 24.1 Å². The van der Waals surface area contributed by atoms with E-state index in [4.69, 9.17) is 42.6 Å². The first-order valence-electron chi connectivity index (χ1n) is 11.6. The Morgan fingerprint density at radius 1 is 1.09 bits per heavy atom. The number of aromatic nitrogens is 2. The Labute approximate surface area is 214 Å². The highest BCUT2D eigenvalue weighted by molar-refractivity contribution is 6.36. The van der Waals surface area contributed by atoms with Gasteiger partial charge in [0.15, 0.2) is 0 Å². The van der Waals surface area contributed by atoms with Crippen molar-refractivity contribution in [2.24, 2.45) is 0 Å². The third kappa shape index (κ3) is 5.22. The van der Waals surface area contributed by atoms with Crippen molar-refractivity contribution >= 4 is 34.9 Å². The first-order chi connectivity index (χ1) is 17.0. The number of benzene rings is 2. The van der Waals surface area contributed by atoms with E-state index in [-0.39, 0.29) is 5.91 Å². The summed E-state index contributed by atoms with van der Waals surface area (Å²) in [4.78, 5) is 27.3. The average molecular weight is 513 g/mol. The first kappa shape index (κ1) is 23.9. The van der Waals surface area contributed by atoms with Crippen molar-refractivity contribution in [3.63, 3.8) is 0 Å². The lowest BCUT2D eigenvalue weighted by Crippen LogP contribution is -2.41. The number of ether oxygens (including phenoxy) is 2. The van der Waals surface area contributed by atoms with Gasteiger partial charge in [0, 0.05) is 43.1 Å². The van der Waals surface area contributed by atoms with Gasteiger partial charge >= 0.3 is 0 Å². The Morgan fingerprint density at radius 2 is 1.91 bits per heavy atom. The molecule has 1 aromatic heterocycles. The maximum atomic E-state index is 13.3. The fraction of sp³-hybridized carbons (Fsp3) is 0.346. The second kappa shape index (κ2) is 10.4. The van der Waals surface area contributed by atoms with Gasteiger partial charge < -0.3 is 19.3 Å². The molecule has 0 saturated carbocycles. The molecule has 0 unspecified atom stereocenters. The third-order valence-corrected chi connectivity index (χ3v) is 6.89. The lowest BCUT2D eigenvalue weighted by Gasteiger charge is -2.34. The summed E-state index contributed by atoms with van der Waals surface area (Å²) in [5.41, 5.74) is 3.52. The van der Waals surface area contributed by atoms with Gasteiger partial charge in [-0.1, -0.05) is 35.3 Å². The maximum absolute atomic E-state index is 13.3. The lowest BCUT2D eigenvalue weighted by atomic mass is 10.0. The van der Waals surface area contributed by atoms with Gasteiger partial charge in [-0.2, -0.15) is 0 Å². The highest BCUT2D eigenvalue weighted by Gasteiger charge is 2.29. The molecule has 182 valence electrons. The molecule has 1 fully saturated rings. The number of nitrogens with zero attached hydrogens (tertiary/aromatic N) is 4. The fourth-order valence-electron chi connectivity index (χ4n) is 4.53. The molecule has 2 aliphatic rings. The molecule has 0 N–H and O–H groups in total. The third-order valence-electron chi connectivity index (χ3n) is 6.34. The van der Waals surface area contributed by atoms with E-state index in [1.165, 1.54) is 0 Å². The summed E-state index contributed by atoms with van der Waals surface area (Å²) in [7, 11) is 1.66. The second-order valence-electron chi connectivity index (χ2n) is 8.62. The molecule has 3 heterocycles. The second-order valence-corrected chi connectivity index (χ2v) is 9.46. The highest BCUT2D eigenvalue weighted by Crippen LogP contribution is 2.30. The molecule has 0 aliphatic carbocycles. The van der Waals surface area contributed by atoms with Crippen molar-refractivity contribution in [2.75, 3.05) is 44.9 Å². The van der Waals surface area contributed by atoms with E-state index in [0.717, 1.165) is 47.3 Å². The predicted octanol–water partition coefficient (Wildman–Crippen LogP) is 4.42. The van der Waals surface area contributed by atoms with Crippen molar-refractivity contribution in [1.29, 1.82) is 0 Å². The molecule has 7 nitrogen and oxygen atoms in total. The minimum atomic E-state index is -0.120. The standard InChI is InChI=1S/C26H26Cl2N4O3/c1-34-19-4-2-3-17(13-19)14-24-29-23-7-8-32(26(33)20-6-5-18(27)15-22(20)28)16-21(23)25(30-24)31-9-11-35-12-10-31/h2-6,13,15H,7-12,14,16H2,1H3. The molecule has 0 radical (unpaired) electrons. The Hall–Kier alpha value is -2.87. The number of halogens is 2. The van der Waals surface area contributed by atoms with Crippen LogP contribution in [0.25, 0.3) is 0 Å². The summed E-state index contributed by atoms with van der Waals surface area (Å²) in [6.45, 7) is 3.78. The van der Waals surface area contributed by atoms with Gasteiger partial charge in [-0.05, 0) is 35.9 Å². The quantitative estimate of drug-likeness (QED) is 0.504. The van der Waals surface area contributed by atoms with E-state index < -0.39 is 0 Å². The number of amides is 1. The zero-order valence-corrected chi connectivity index (χ0v) is 21.0. The van der Waals surface area contributed by atoms with Crippen LogP contribution in [0.5, 0.6) is 5.75 Å². The Morgan fingerprint density at radius 3 is 2.69 bits per heavy atom. The molecule has 0 atom stereocenters. The van der Waals surface area contributed by atoms with Crippen LogP contribution < -0.4 is 9.64 Å². The Balaban J connectivity index is 1.47. The zero-order chi connectivity index (χ0) is 24.4. The zero-order valence-electron chi connectivity index (χ0n) is 19.5. The lowest BCUT2D eigenvalue weighted by molar-refractivity contribution is 0.0733. The van der Waals surface area contributed by atoms with Crippen LogP contribution in [0.15, 0.2) is 42.5 Å². The minimum Gasteiger partial charge on any atom is -0.497 e. The predicted molar refractivity (Wildman–Crippen MR) is 136 cm³/mol. The molecule has 1 saturated heterocycles. The van der Waals surface area contributed by atoms with Crippen LogP contribution in [-0.4, -0.2) is 60.7 Å². The van der Waals surface area contributed by atoms with Crippen LogP contribution in [0, 0.1) is 0 Å². The average Bonchev–Trinajstić information content (AvgIpc) is 2.88.